The van der Waals surface area contributed by atoms with E-state index in [-0.39, 0.29) is 5.75 Å². The number of aromatic nitrogens is 3. The number of ether oxygens (including phenoxy) is 3. The highest BCUT2D eigenvalue weighted by atomic mass is 19.1. The monoisotopic (exact) mass is 384 g/mol. The Morgan fingerprint density at radius 2 is 1.93 bits per heavy atom. The van der Waals surface area contributed by atoms with Crippen LogP contribution < -0.4 is 14.4 Å². The van der Waals surface area contributed by atoms with Crippen molar-refractivity contribution in [3.8, 4) is 11.5 Å². The number of morpholine rings is 1. The topological polar surface area (TPSA) is 69.6 Å². The number of hydrogen-bond donors (Lipinski definition) is 0. The minimum absolute atomic E-state index is 0.143. The van der Waals surface area contributed by atoms with Crippen LogP contribution in [0, 0.1) is 5.82 Å². The molecule has 3 aromatic rings. The van der Waals surface area contributed by atoms with Gasteiger partial charge < -0.3 is 19.1 Å². The van der Waals surface area contributed by atoms with E-state index < -0.39 is 5.82 Å². The van der Waals surface area contributed by atoms with Gasteiger partial charge in [0.05, 0.1) is 33.6 Å². The van der Waals surface area contributed by atoms with Gasteiger partial charge in [0, 0.05) is 36.8 Å². The van der Waals surface area contributed by atoms with Gasteiger partial charge in [0.25, 0.3) is 0 Å². The maximum Gasteiger partial charge on any atom is 0.180 e. The van der Waals surface area contributed by atoms with Crippen molar-refractivity contribution in [1.82, 2.24) is 15.0 Å². The molecule has 1 aliphatic rings. The summed E-state index contributed by atoms with van der Waals surface area (Å²) in [7, 11) is 2.96. The van der Waals surface area contributed by atoms with E-state index in [2.05, 4.69) is 19.9 Å². The predicted molar refractivity (Wildman–Crippen MR) is 103 cm³/mol. The fraction of sp³-hybridized carbons (Fsp3) is 0.350. The van der Waals surface area contributed by atoms with Gasteiger partial charge in [-0.1, -0.05) is 0 Å². The maximum atomic E-state index is 14.6. The number of hydrogen-bond acceptors (Lipinski definition) is 7. The second kappa shape index (κ2) is 7.93. The van der Waals surface area contributed by atoms with E-state index in [9.17, 15) is 4.39 Å². The van der Waals surface area contributed by atoms with Crippen molar-refractivity contribution in [1.29, 1.82) is 0 Å². The first-order valence-corrected chi connectivity index (χ1v) is 9.03. The Kier molecular flexibility index (Phi) is 5.21. The SMILES string of the molecule is COc1cc(Cc2ccc3ncc(N4CCOCC4)nc3n2)c(F)c(OC)c1. The lowest BCUT2D eigenvalue weighted by molar-refractivity contribution is 0.122. The van der Waals surface area contributed by atoms with Crippen molar-refractivity contribution in [2.24, 2.45) is 0 Å². The molecular weight excluding hydrogens is 363 g/mol. The van der Waals surface area contributed by atoms with E-state index in [1.54, 1.807) is 12.3 Å². The Bertz CT molecular complexity index is 993. The summed E-state index contributed by atoms with van der Waals surface area (Å²) >= 11 is 0. The van der Waals surface area contributed by atoms with Crippen LogP contribution in [0.5, 0.6) is 11.5 Å². The largest absolute Gasteiger partial charge is 0.497 e. The standard InChI is InChI=1S/C20H21FN4O3/c1-26-15-10-13(19(21)17(11-15)27-2)9-14-3-4-16-20(23-14)24-18(12-22-16)25-5-7-28-8-6-25/h3-4,10-12H,5-9H2,1-2H3. The number of halogens is 1. The molecule has 146 valence electrons. The van der Waals surface area contributed by atoms with Gasteiger partial charge in [-0.15, -0.1) is 0 Å². The molecule has 0 bridgehead atoms. The molecule has 2 aromatic heterocycles. The van der Waals surface area contributed by atoms with E-state index in [0.29, 0.717) is 47.8 Å². The second-order valence-electron chi connectivity index (χ2n) is 6.45. The number of anilines is 1. The molecule has 0 unspecified atom stereocenters. The highest BCUT2D eigenvalue weighted by Gasteiger charge is 2.16. The van der Waals surface area contributed by atoms with Gasteiger partial charge in [0.1, 0.15) is 17.1 Å². The van der Waals surface area contributed by atoms with Crippen molar-refractivity contribution in [2.75, 3.05) is 45.4 Å². The normalized spacial score (nSPS) is 14.3. The molecule has 28 heavy (non-hydrogen) atoms. The Hall–Kier alpha value is -3.00. The third kappa shape index (κ3) is 3.68. The van der Waals surface area contributed by atoms with Crippen LogP contribution in [0.1, 0.15) is 11.3 Å². The molecule has 0 spiro atoms. The number of rotatable bonds is 5. The fourth-order valence-corrected chi connectivity index (χ4v) is 3.19. The van der Waals surface area contributed by atoms with Gasteiger partial charge in [-0.3, -0.25) is 0 Å². The summed E-state index contributed by atoms with van der Waals surface area (Å²) in [4.78, 5) is 15.8. The van der Waals surface area contributed by atoms with Crippen molar-refractivity contribution in [3.05, 3.63) is 47.5 Å². The first-order valence-electron chi connectivity index (χ1n) is 9.03. The quantitative estimate of drug-likeness (QED) is 0.670. The summed E-state index contributed by atoms with van der Waals surface area (Å²) < 4.78 is 30.4. The van der Waals surface area contributed by atoms with Gasteiger partial charge >= 0.3 is 0 Å². The molecule has 0 N–H and O–H groups in total. The summed E-state index contributed by atoms with van der Waals surface area (Å²) in [5, 5.41) is 0. The van der Waals surface area contributed by atoms with Crippen LogP contribution in [0.2, 0.25) is 0 Å². The average molecular weight is 384 g/mol. The van der Waals surface area contributed by atoms with Crippen LogP contribution in [0.15, 0.2) is 30.5 Å². The summed E-state index contributed by atoms with van der Waals surface area (Å²) in [6.45, 7) is 2.89. The lowest BCUT2D eigenvalue weighted by atomic mass is 10.1. The molecule has 3 heterocycles. The zero-order valence-corrected chi connectivity index (χ0v) is 15.8. The van der Waals surface area contributed by atoms with E-state index in [0.717, 1.165) is 18.9 Å². The third-order valence-corrected chi connectivity index (χ3v) is 4.70. The van der Waals surface area contributed by atoms with Crippen molar-refractivity contribution in [3.63, 3.8) is 0 Å². The highest BCUT2D eigenvalue weighted by molar-refractivity contribution is 5.71. The molecule has 1 aromatic carbocycles. The zero-order chi connectivity index (χ0) is 19.5. The Morgan fingerprint density at radius 3 is 2.68 bits per heavy atom. The van der Waals surface area contributed by atoms with Gasteiger partial charge in [-0.05, 0) is 18.2 Å². The molecule has 8 heteroatoms. The molecule has 1 saturated heterocycles. The molecule has 1 fully saturated rings. The average Bonchev–Trinajstić information content (AvgIpc) is 2.75. The number of pyridine rings is 1. The lowest BCUT2D eigenvalue weighted by Gasteiger charge is -2.27. The molecule has 0 aliphatic carbocycles. The summed E-state index contributed by atoms with van der Waals surface area (Å²) in [6.07, 6.45) is 2.04. The van der Waals surface area contributed by atoms with Gasteiger partial charge in [0.15, 0.2) is 17.2 Å². The van der Waals surface area contributed by atoms with Gasteiger partial charge in [0.2, 0.25) is 0 Å². The van der Waals surface area contributed by atoms with Gasteiger partial charge in [-0.2, -0.15) is 0 Å². The summed E-state index contributed by atoms with van der Waals surface area (Å²) in [5.74, 6) is 1.03. The van der Waals surface area contributed by atoms with E-state index in [1.807, 2.05) is 12.1 Å². The van der Waals surface area contributed by atoms with Crippen LogP contribution in [0.25, 0.3) is 11.2 Å². The highest BCUT2D eigenvalue weighted by Crippen LogP contribution is 2.28. The maximum absolute atomic E-state index is 14.6. The van der Waals surface area contributed by atoms with E-state index in [4.69, 9.17) is 14.2 Å². The van der Waals surface area contributed by atoms with Crippen molar-refractivity contribution in [2.45, 2.75) is 6.42 Å². The molecule has 4 rings (SSSR count). The van der Waals surface area contributed by atoms with Crippen molar-refractivity contribution >= 4 is 17.0 Å². The predicted octanol–water partition coefficient (Wildman–Crippen LogP) is 2.61. The van der Waals surface area contributed by atoms with E-state index in [1.165, 1.54) is 20.3 Å². The minimum atomic E-state index is -0.418. The molecule has 0 saturated carbocycles. The number of methoxy groups -OCH3 is 2. The minimum Gasteiger partial charge on any atom is -0.497 e. The van der Waals surface area contributed by atoms with Crippen molar-refractivity contribution < 1.29 is 18.6 Å². The lowest BCUT2D eigenvalue weighted by Crippen LogP contribution is -2.36. The summed E-state index contributed by atoms with van der Waals surface area (Å²) in [6, 6.07) is 6.85. The first-order chi connectivity index (χ1) is 13.7. The van der Waals surface area contributed by atoms with Crippen LogP contribution in [-0.4, -0.2) is 55.5 Å². The van der Waals surface area contributed by atoms with Gasteiger partial charge in [-0.25, -0.2) is 19.3 Å². The molecule has 7 nitrogen and oxygen atoms in total. The Morgan fingerprint density at radius 1 is 1.11 bits per heavy atom. The molecule has 0 radical (unpaired) electrons. The summed E-state index contributed by atoms with van der Waals surface area (Å²) in [5.41, 5.74) is 2.37. The Balaban J connectivity index is 1.66. The van der Waals surface area contributed by atoms with E-state index >= 15 is 0 Å². The fourth-order valence-electron chi connectivity index (χ4n) is 3.19. The van der Waals surface area contributed by atoms with Crippen LogP contribution in [-0.2, 0) is 11.2 Å². The second-order valence-corrected chi connectivity index (χ2v) is 6.45. The zero-order valence-electron chi connectivity index (χ0n) is 15.8. The number of fused-ring (bicyclic) bond motifs is 1. The first kappa shape index (κ1) is 18.4. The molecule has 0 amide bonds. The van der Waals surface area contributed by atoms with Crippen LogP contribution in [0.3, 0.4) is 0 Å². The third-order valence-electron chi connectivity index (χ3n) is 4.70. The smallest absolute Gasteiger partial charge is 0.180 e. The number of benzene rings is 1. The van der Waals surface area contributed by atoms with Crippen LogP contribution >= 0.6 is 0 Å². The molecule has 0 atom stereocenters. The number of nitrogens with zero attached hydrogens (tertiary/aromatic N) is 4. The molecule has 1 aliphatic heterocycles. The Labute approximate surface area is 162 Å². The van der Waals surface area contributed by atoms with Crippen LogP contribution in [0.4, 0.5) is 10.2 Å². The molecular formula is C20H21FN4O3.